The van der Waals surface area contributed by atoms with Crippen LogP contribution in [0.15, 0.2) is 33.6 Å². The van der Waals surface area contributed by atoms with Crippen LogP contribution in [0, 0.1) is 0 Å². The van der Waals surface area contributed by atoms with Crippen LogP contribution in [0.25, 0.3) is 0 Å². The minimum atomic E-state index is -0.660. The Morgan fingerprint density at radius 2 is 2.06 bits per heavy atom. The molecule has 1 rings (SSSR count). The van der Waals surface area contributed by atoms with Gasteiger partial charge in [-0.2, -0.15) is 0 Å². The van der Waals surface area contributed by atoms with Crippen molar-refractivity contribution in [1.82, 2.24) is 5.32 Å². The monoisotopic (exact) mass is 317 g/mol. The van der Waals surface area contributed by atoms with Gasteiger partial charge < -0.3 is 10.1 Å². The van der Waals surface area contributed by atoms with Crippen LogP contribution in [-0.2, 0) is 9.53 Å². The molecule has 1 N–H and O–H groups in total. The second-order valence-corrected chi connectivity index (χ2v) is 5.78. The van der Waals surface area contributed by atoms with Crippen molar-refractivity contribution in [3.05, 3.63) is 28.7 Å². The number of methoxy groups -OCH3 is 1. The van der Waals surface area contributed by atoms with E-state index >= 15 is 0 Å². The summed E-state index contributed by atoms with van der Waals surface area (Å²) < 4.78 is 5.84. The van der Waals surface area contributed by atoms with Gasteiger partial charge in [0.25, 0.3) is 0 Å². The number of benzene rings is 1. The van der Waals surface area contributed by atoms with E-state index in [4.69, 9.17) is 4.74 Å². The first-order valence-electron chi connectivity index (χ1n) is 5.17. The first-order chi connectivity index (χ1) is 8.01. The van der Waals surface area contributed by atoms with Gasteiger partial charge in [0.2, 0.25) is 0 Å². The van der Waals surface area contributed by atoms with Crippen molar-refractivity contribution in [2.75, 3.05) is 19.9 Å². The summed E-state index contributed by atoms with van der Waals surface area (Å²) >= 11 is 5.01. The van der Waals surface area contributed by atoms with E-state index in [-0.39, 0.29) is 5.97 Å². The van der Waals surface area contributed by atoms with E-state index < -0.39 is 5.54 Å². The molecule has 0 bridgehead atoms. The maximum absolute atomic E-state index is 11.6. The van der Waals surface area contributed by atoms with Gasteiger partial charge >= 0.3 is 5.97 Å². The average molecular weight is 318 g/mol. The summed E-state index contributed by atoms with van der Waals surface area (Å²) in [5, 5.41) is 3.01. The molecule has 1 aromatic rings. The molecular weight excluding hydrogens is 302 g/mol. The van der Waals surface area contributed by atoms with Crippen molar-refractivity contribution in [2.24, 2.45) is 0 Å². The minimum Gasteiger partial charge on any atom is -0.468 e. The molecule has 0 aliphatic heterocycles. The second-order valence-electron chi connectivity index (χ2n) is 3.82. The van der Waals surface area contributed by atoms with Crippen molar-refractivity contribution < 1.29 is 9.53 Å². The van der Waals surface area contributed by atoms with Crippen LogP contribution in [0.5, 0.6) is 0 Å². The molecule has 1 unspecified atom stereocenters. The summed E-state index contributed by atoms with van der Waals surface area (Å²) in [6.45, 7) is 1.84. The van der Waals surface area contributed by atoms with E-state index in [2.05, 4.69) is 21.2 Å². The maximum Gasteiger partial charge on any atom is 0.326 e. The molecule has 0 aromatic heterocycles. The van der Waals surface area contributed by atoms with Crippen LogP contribution in [0.4, 0.5) is 0 Å². The van der Waals surface area contributed by atoms with Gasteiger partial charge in [-0.3, -0.25) is 4.79 Å². The van der Waals surface area contributed by atoms with E-state index in [1.807, 2.05) is 31.2 Å². The lowest BCUT2D eigenvalue weighted by atomic mass is 10.1. The molecule has 0 fully saturated rings. The smallest absolute Gasteiger partial charge is 0.326 e. The first kappa shape index (κ1) is 14.5. The molecule has 0 saturated heterocycles. The Morgan fingerprint density at radius 3 is 2.53 bits per heavy atom. The third kappa shape index (κ3) is 4.01. The quantitative estimate of drug-likeness (QED) is 0.669. The molecule has 0 aliphatic carbocycles. The molecule has 1 aromatic carbocycles. The molecule has 0 heterocycles. The Balaban J connectivity index is 2.65. The molecule has 3 nitrogen and oxygen atoms in total. The van der Waals surface area contributed by atoms with Crippen LogP contribution in [-0.4, -0.2) is 31.4 Å². The molecular formula is C12H16BrNO2S. The highest BCUT2D eigenvalue weighted by Gasteiger charge is 2.32. The highest BCUT2D eigenvalue weighted by Crippen LogP contribution is 2.24. The summed E-state index contributed by atoms with van der Waals surface area (Å²) in [6.07, 6.45) is 0. The van der Waals surface area contributed by atoms with E-state index in [1.54, 1.807) is 18.8 Å². The molecule has 0 saturated carbocycles. The number of nitrogens with one attached hydrogen (secondary N) is 1. The SMILES string of the molecule is CNC(C)(CSc1ccc(Br)cc1)C(=O)OC. The van der Waals surface area contributed by atoms with Gasteiger partial charge in [-0.25, -0.2) is 0 Å². The molecule has 94 valence electrons. The van der Waals surface area contributed by atoms with Crippen molar-refractivity contribution in [3.63, 3.8) is 0 Å². The third-order valence-electron chi connectivity index (χ3n) is 2.53. The average Bonchev–Trinajstić information content (AvgIpc) is 2.36. The van der Waals surface area contributed by atoms with Crippen LogP contribution in [0.2, 0.25) is 0 Å². The molecule has 5 heteroatoms. The van der Waals surface area contributed by atoms with E-state index in [0.717, 1.165) is 9.37 Å². The number of rotatable bonds is 5. The van der Waals surface area contributed by atoms with Crippen molar-refractivity contribution in [3.8, 4) is 0 Å². The fourth-order valence-electron chi connectivity index (χ4n) is 1.22. The number of hydrogen-bond acceptors (Lipinski definition) is 4. The predicted octanol–water partition coefficient (Wildman–Crippen LogP) is 2.69. The van der Waals surface area contributed by atoms with Gasteiger partial charge in [0.05, 0.1) is 7.11 Å². The molecule has 0 aliphatic rings. The lowest BCUT2D eigenvalue weighted by Gasteiger charge is -2.25. The van der Waals surface area contributed by atoms with E-state index in [0.29, 0.717) is 5.75 Å². The summed E-state index contributed by atoms with van der Waals surface area (Å²) in [4.78, 5) is 12.8. The highest BCUT2D eigenvalue weighted by molar-refractivity contribution is 9.10. The number of carbonyl (C=O) groups is 1. The van der Waals surface area contributed by atoms with Crippen molar-refractivity contribution >= 4 is 33.7 Å². The van der Waals surface area contributed by atoms with Gasteiger partial charge in [0.1, 0.15) is 5.54 Å². The Kier molecular flexibility index (Phi) is 5.49. The van der Waals surface area contributed by atoms with E-state index in [9.17, 15) is 4.79 Å². The number of esters is 1. The maximum atomic E-state index is 11.6. The standard InChI is InChI=1S/C12H16BrNO2S/c1-12(14-2,11(15)16-3)8-17-10-6-4-9(13)5-7-10/h4-7,14H,8H2,1-3H3. The molecule has 0 amide bonds. The van der Waals surface area contributed by atoms with E-state index in [1.165, 1.54) is 7.11 Å². The number of likely N-dealkylation sites (N-methyl/N-ethyl adjacent to an activating group) is 1. The Morgan fingerprint density at radius 1 is 1.47 bits per heavy atom. The topological polar surface area (TPSA) is 38.3 Å². The zero-order valence-electron chi connectivity index (χ0n) is 10.1. The summed E-state index contributed by atoms with van der Waals surface area (Å²) in [5.41, 5.74) is -0.660. The largest absolute Gasteiger partial charge is 0.468 e. The Labute approximate surface area is 114 Å². The molecule has 1 atom stereocenters. The predicted molar refractivity (Wildman–Crippen MR) is 74.3 cm³/mol. The van der Waals surface area contributed by atoms with Crippen LogP contribution in [0.3, 0.4) is 0 Å². The zero-order valence-corrected chi connectivity index (χ0v) is 12.5. The molecule has 17 heavy (non-hydrogen) atoms. The molecule has 0 radical (unpaired) electrons. The van der Waals surface area contributed by atoms with Gasteiger partial charge in [-0.15, -0.1) is 11.8 Å². The number of halogens is 1. The van der Waals surface area contributed by atoms with Crippen LogP contribution >= 0.6 is 27.7 Å². The van der Waals surface area contributed by atoms with Crippen LogP contribution in [0.1, 0.15) is 6.92 Å². The van der Waals surface area contributed by atoms with Gasteiger partial charge in [-0.05, 0) is 38.2 Å². The summed E-state index contributed by atoms with van der Waals surface area (Å²) in [6, 6.07) is 8.00. The van der Waals surface area contributed by atoms with Gasteiger partial charge in [0, 0.05) is 15.1 Å². The third-order valence-corrected chi connectivity index (χ3v) is 4.38. The Hall–Kier alpha value is -0.520. The Bertz CT molecular complexity index is 383. The summed E-state index contributed by atoms with van der Waals surface area (Å²) in [5.74, 6) is 0.377. The van der Waals surface area contributed by atoms with Gasteiger partial charge in [-0.1, -0.05) is 15.9 Å². The zero-order chi connectivity index (χ0) is 12.9. The number of thioether (sulfide) groups is 1. The van der Waals surface area contributed by atoms with Gasteiger partial charge in [0.15, 0.2) is 0 Å². The normalized spacial score (nSPS) is 14.1. The number of hydrogen-bond donors (Lipinski definition) is 1. The van der Waals surface area contributed by atoms with Crippen molar-refractivity contribution in [2.45, 2.75) is 17.4 Å². The fraction of sp³-hybridized carbons (Fsp3) is 0.417. The first-order valence-corrected chi connectivity index (χ1v) is 6.95. The lowest BCUT2D eigenvalue weighted by Crippen LogP contribution is -2.50. The van der Waals surface area contributed by atoms with Crippen LogP contribution < -0.4 is 5.32 Å². The lowest BCUT2D eigenvalue weighted by molar-refractivity contribution is -0.146. The second kappa shape index (κ2) is 6.42. The summed E-state index contributed by atoms with van der Waals surface area (Å²) in [7, 11) is 3.17. The fourth-order valence-corrected chi connectivity index (χ4v) is 2.53. The van der Waals surface area contributed by atoms with Crippen molar-refractivity contribution in [1.29, 1.82) is 0 Å². The number of carbonyl (C=O) groups excluding carboxylic acids is 1. The highest BCUT2D eigenvalue weighted by atomic mass is 79.9. The number of ether oxygens (including phenoxy) is 1. The minimum absolute atomic E-state index is 0.246. The molecule has 0 spiro atoms.